The molecule has 0 spiro atoms. The van der Waals surface area contributed by atoms with Crippen molar-refractivity contribution in [3.63, 3.8) is 0 Å². The fourth-order valence-electron chi connectivity index (χ4n) is 2.06. The maximum atomic E-state index is 11.6. The molecule has 7 heteroatoms. The van der Waals surface area contributed by atoms with Crippen LogP contribution in [0.3, 0.4) is 0 Å². The Morgan fingerprint density at radius 2 is 2.17 bits per heavy atom. The van der Waals surface area contributed by atoms with Crippen LogP contribution < -0.4 is 10.6 Å². The van der Waals surface area contributed by atoms with Gasteiger partial charge >= 0.3 is 6.09 Å². The number of hydrogen-bond donors (Lipinski definition) is 2. The molecule has 6 nitrogen and oxygen atoms in total. The highest BCUT2D eigenvalue weighted by Crippen LogP contribution is 2.07. The predicted octanol–water partition coefficient (Wildman–Crippen LogP) is 2.60. The van der Waals surface area contributed by atoms with Crippen molar-refractivity contribution in [3.05, 3.63) is 16.6 Å². The van der Waals surface area contributed by atoms with Crippen LogP contribution in [-0.4, -0.2) is 49.5 Å². The van der Waals surface area contributed by atoms with Gasteiger partial charge in [-0.3, -0.25) is 0 Å². The number of aromatic nitrogens is 1. The number of nitrogens with one attached hydrogen (secondary N) is 2. The molecule has 2 N–H and O–H groups in total. The van der Waals surface area contributed by atoms with Crippen molar-refractivity contribution in [3.8, 4) is 0 Å². The Bertz CT molecular complexity index is 432. The van der Waals surface area contributed by atoms with Crippen molar-refractivity contribution in [2.45, 2.75) is 51.7 Å². The van der Waals surface area contributed by atoms with Crippen LogP contribution in [0.25, 0.3) is 0 Å². The van der Waals surface area contributed by atoms with Crippen LogP contribution in [0.2, 0.25) is 0 Å². The maximum Gasteiger partial charge on any atom is 0.407 e. The summed E-state index contributed by atoms with van der Waals surface area (Å²) in [6.07, 6.45) is 4.19. The standard InChI is InChI=1S/C16H29N3O3S/c1-16(2,3)22-15(20)19-8-5-6-13(12-21-4)17-9-7-14-18-10-11-23-14/h10-11,13,17H,5-9,12H2,1-4H3,(H,19,20). The van der Waals surface area contributed by atoms with E-state index < -0.39 is 5.60 Å². The molecule has 1 heterocycles. The lowest BCUT2D eigenvalue weighted by Gasteiger charge is -2.20. The molecular formula is C16H29N3O3S. The fraction of sp³-hybridized carbons (Fsp3) is 0.750. The summed E-state index contributed by atoms with van der Waals surface area (Å²) in [5.41, 5.74) is -0.458. The number of hydrogen-bond acceptors (Lipinski definition) is 6. The van der Waals surface area contributed by atoms with Crippen LogP contribution in [0.4, 0.5) is 4.79 Å². The molecule has 0 bridgehead atoms. The number of rotatable bonds is 10. The highest BCUT2D eigenvalue weighted by molar-refractivity contribution is 7.09. The van der Waals surface area contributed by atoms with E-state index in [1.54, 1.807) is 18.4 Å². The normalized spacial score (nSPS) is 12.9. The lowest BCUT2D eigenvalue weighted by Crippen LogP contribution is -2.36. The maximum absolute atomic E-state index is 11.6. The summed E-state index contributed by atoms with van der Waals surface area (Å²) >= 11 is 1.67. The first-order valence-corrected chi connectivity index (χ1v) is 8.86. The summed E-state index contributed by atoms with van der Waals surface area (Å²) in [5.74, 6) is 0. The van der Waals surface area contributed by atoms with Gasteiger partial charge in [0.2, 0.25) is 0 Å². The SMILES string of the molecule is COCC(CCCNC(=O)OC(C)(C)C)NCCc1nccs1. The Morgan fingerprint density at radius 1 is 1.39 bits per heavy atom. The molecule has 0 aliphatic heterocycles. The van der Waals surface area contributed by atoms with Gasteiger partial charge < -0.3 is 20.1 Å². The molecule has 0 aliphatic carbocycles. The summed E-state index contributed by atoms with van der Waals surface area (Å²) in [4.78, 5) is 15.8. The third-order valence-electron chi connectivity index (χ3n) is 3.02. The molecule has 0 saturated carbocycles. The molecule has 0 aliphatic rings. The lowest BCUT2D eigenvalue weighted by molar-refractivity contribution is 0.0526. The number of thiazole rings is 1. The van der Waals surface area contributed by atoms with Gasteiger partial charge in [0, 0.05) is 44.2 Å². The first kappa shape index (κ1) is 19.9. The van der Waals surface area contributed by atoms with Crippen LogP contribution >= 0.6 is 11.3 Å². The number of ether oxygens (including phenoxy) is 2. The Kier molecular flexibility index (Phi) is 9.13. The molecule has 23 heavy (non-hydrogen) atoms. The summed E-state index contributed by atoms with van der Waals surface area (Å²) in [6.45, 7) is 7.70. The molecule has 132 valence electrons. The second kappa shape index (κ2) is 10.6. The average molecular weight is 343 g/mol. The largest absolute Gasteiger partial charge is 0.444 e. The predicted molar refractivity (Wildman–Crippen MR) is 93.0 cm³/mol. The van der Waals surface area contributed by atoms with E-state index in [0.29, 0.717) is 13.2 Å². The number of alkyl carbamates (subject to hydrolysis) is 1. The molecule has 1 amide bonds. The minimum atomic E-state index is -0.458. The molecule has 1 aromatic rings. The minimum Gasteiger partial charge on any atom is -0.444 e. The van der Waals surface area contributed by atoms with Gasteiger partial charge in [-0.15, -0.1) is 11.3 Å². The summed E-state index contributed by atoms with van der Waals surface area (Å²) in [7, 11) is 1.70. The van der Waals surface area contributed by atoms with Crippen LogP contribution in [0.1, 0.15) is 38.6 Å². The second-order valence-electron chi connectivity index (χ2n) is 6.35. The molecule has 0 radical (unpaired) electrons. The van der Waals surface area contributed by atoms with Crippen molar-refractivity contribution in [1.29, 1.82) is 0 Å². The first-order chi connectivity index (χ1) is 10.9. The fourth-order valence-corrected chi connectivity index (χ4v) is 2.68. The van der Waals surface area contributed by atoms with Crippen LogP contribution in [0.15, 0.2) is 11.6 Å². The molecule has 1 unspecified atom stereocenters. The van der Waals surface area contributed by atoms with Crippen LogP contribution in [0, 0.1) is 0 Å². The summed E-state index contributed by atoms with van der Waals surface area (Å²) in [6, 6.07) is 0.278. The van der Waals surface area contributed by atoms with Crippen LogP contribution in [0.5, 0.6) is 0 Å². The van der Waals surface area contributed by atoms with E-state index in [0.717, 1.165) is 30.8 Å². The lowest BCUT2D eigenvalue weighted by atomic mass is 10.1. The van der Waals surface area contributed by atoms with Crippen molar-refractivity contribution < 1.29 is 14.3 Å². The van der Waals surface area contributed by atoms with Gasteiger partial charge in [-0.1, -0.05) is 0 Å². The first-order valence-electron chi connectivity index (χ1n) is 7.98. The highest BCUT2D eigenvalue weighted by Gasteiger charge is 2.15. The Hall–Kier alpha value is -1.18. The molecule has 1 aromatic heterocycles. The summed E-state index contributed by atoms with van der Waals surface area (Å²) < 4.78 is 10.5. The Morgan fingerprint density at radius 3 is 2.78 bits per heavy atom. The second-order valence-corrected chi connectivity index (χ2v) is 7.33. The minimum absolute atomic E-state index is 0.278. The molecular weight excluding hydrogens is 314 g/mol. The number of nitrogens with zero attached hydrogens (tertiary/aromatic N) is 1. The van der Waals surface area contributed by atoms with E-state index in [1.807, 2.05) is 32.3 Å². The van der Waals surface area contributed by atoms with Gasteiger partial charge in [-0.25, -0.2) is 9.78 Å². The van der Waals surface area contributed by atoms with E-state index >= 15 is 0 Å². The third-order valence-corrected chi connectivity index (χ3v) is 3.86. The molecule has 0 fully saturated rings. The van der Waals surface area contributed by atoms with Gasteiger partial charge in [0.15, 0.2) is 0 Å². The van der Waals surface area contributed by atoms with Crippen molar-refractivity contribution in [1.82, 2.24) is 15.6 Å². The van der Waals surface area contributed by atoms with Crippen molar-refractivity contribution in [2.75, 3.05) is 26.8 Å². The average Bonchev–Trinajstić information content (AvgIpc) is 2.94. The Balaban J connectivity index is 2.16. The third kappa shape index (κ3) is 10.3. The smallest absolute Gasteiger partial charge is 0.407 e. The number of methoxy groups -OCH3 is 1. The van der Waals surface area contributed by atoms with E-state index in [2.05, 4.69) is 15.6 Å². The Labute approximate surface area is 143 Å². The zero-order valence-corrected chi connectivity index (χ0v) is 15.4. The van der Waals surface area contributed by atoms with Gasteiger partial charge in [0.25, 0.3) is 0 Å². The number of carbonyl (C=O) groups is 1. The van der Waals surface area contributed by atoms with E-state index in [4.69, 9.17) is 9.47 Å². The van der Waals surface area contributed by atoms with E-state index in [-0.39, 0.29) is 12.1 Å². The van der Waals surface area contributed by atoms with Crippen molar-refractivity contribution in [2.24, 2.45) is 0 Å². The van der Waals surface area contributed by atoms with Gasteiger partial charge in [-0.2, -0.15) is 0 Å². The van der Waals surface area contributed by atoms with Crippen molar-refractivity contribution >= 4 is 17.4 Å². The number of amides is 1. The topological polar surface area (TPSA) is 72.5 Å². The molecule has 0 aromatic carbocycles. The number of carbonyl (C=O) groups excluding carboxylic acids is 1. The molecule has 0 saturated heterocycles. The van der Waals surface area contributed by atoms with Gasteiger partial charge in [-0.05, 0) is 33.6 Å². The quantitative estimate of drug-likeness (QED) is 0.639. The van der Waals surface area contributed by atoms with Gasteiger partial charge in [0.1, 0.15) is 5.60 Å². The molecule has 1 atom stereocenters. The monoisotopic (exact) mass is 343 g/mol. The molecule has 1 rings (SSSR count). The summed E-state index contributed by atoms with van der Waals surface area (Å²) in [5, 5.41) is 9.39. The van der Waals surface area contributed by atoms with E-state index in [9.17, 15) is 4.79 Å². The zero-order valence-electron chi connectivity index (χ0n) is 14.6. The zero-order chi connectivity index (χ0) is 17.1. The van der Waals surface area contributed by atoms with Gasteiger partial charge in [0.05, 0.1) is 11.6 Å². The van der Waals surface area contributed by atoms with Crippen LogP contribution in [-0.2, 0) is 15.9 Å². The highest BCUT2D eigenvalue weighted by atomic mass is 32.1. The van der Waals surface area contributed by atoms with E-state index in [1.165, 1.54) is 0 Å².